The Kier molecular flexibility index (Phi) is 2.87. The number of aromatic hydroxyl groups is 1. The van der Waals surface area contributed by atoms with Crippen LogP contribution in [-0.4, -0.2) is 21.0 Å². The predicted molar refractivity (Wildman–Crippen MR) is 62.5 cm³/mol. The molecule has 0 aliphatic rings. The number of hydrogen-bond donors (Lipinski definition) is 3. The van der Waals surface area contributed by atoms with E-state index in [4.69, 9.17) is 5.73 Å². The fraction of sp³-hybridized carbons (Fsp3) is 0. The van der Waals surface area contributed by atoms with Gasteiger partial charge < -0.3 is 10.8 Å². The van der Waals surface area contributed by atoms with E-state index in [9.17, 15) is 9.90 Å². The van der Waals surface area contributed by atoms with Gasteiger partial charge in [0.15, 0.2) is 5.75 Å². The average Bonchev–Trinajstić information content (AvgIpc) is 2.34. The molecule has 6 nitrogen and oxygen atoms in total. The van der Waals surface area contributed by atoms with E-state index in [1.54, 1.807) is 12.1 Å². The molecular formula is C11H10N4O2. The van der Waals surface area contributed by atoms with Crippen molar-refractivity contribution in [2.75, 3.05) is 11.1 Å². The van der Waals surface area contributed by atoms with Gasteiger partial charge in [-0.1, -0.05) is 6.07 Å². The number of carbonyl (C=O) groups is 1. The van der Waals surface area contributed by atoms with Crippen molar-refractivity contribution in [3.8, 4) is 5.75 Å². The van der Waals surface area contributed by atoms with Crippen molar-refractivity contribution in [1.82, 2.24) is 9.97 Å². The lowest BCUT2D eigenvalue weighted by molar-refractivity contribution is 0.102. The lowest BCUT2D eigenvalue weighted by Gasteiger charge is -2.06. The zero-order chi connectivity index (χ0) is 12.3. The number of aromatic nitrogens is 2. The Morgan fingerprint density at radius 3 is 2.65 bits per heavy atom. The molecule has 6 heteroatoms. The summed E-state index contributed by atoms with van der Waals surface area (Å²) in [4.78, 5) is 19.5. The molecule has 0 fully saturated rings. The molecule has 1 heterocycles. The normalized spacial score (nSPS) is 9.88. The first kappa shape index (κ1) is 10.9. The Morgan fingerprint density at radius 2 is 1.94 bits per heavy atom. The maximum atomic E-state index is 11.8. The van der Waals surface area contributed by atoms with Gasteiger partial charge in [-0.05, 0) is 18.2 Å². The summed E-state index contributed by atoms with van der Waals surface area (Å²) in [5.74, 6) is -0.596. The van der Waals surface area contributed by atoms with Gasteiger partial charge >= 0.3 is 0 Å². The molecule has 0 atom stereocenters. The third-order valence-electron chi connectivity index (χ3n) is 2.10. The molecule has 1 amide bonds. The molecular weight excluding hydrogens is 220 g/mol. The number of nitrogens with zero attached hydrogens (tertiary/aromatic N) is 2. The lowest BCUT2D eigenvalue weighted by Crippen LogP contribution is -2.14. The molecule has 0 saturated heterocycles. The molecule has 0 saturated carbocycles. The number of phenols is 1. The smallest absolute Gasteiger partial charge is 0.261 e. The molecule has 0 radical (unpaired) electrons. The van der Waals surface area contributed by atoms with Gasteiger partial charge in [0.25, 0.3) is 5.91 Å². The molecule has 2 aromatic rings. The van der Waals surface area contributed by atoms with Gasteiger partial charge in [-0.15, -0.1) is 0 Å². The minimum atomic E-state index is -0.513. The summed E-state index contributed by atoms with van der Waals surface area (Å²) in [5, 5.41) is 12.1. The molecule has 0 bridgehead atoms. The van der Waals surface area contributed by atoms with E-state index in [0.717, 1.165) is 0 Å². The monoisotopic (exact) mass is 230 g/mol. The van der Waals surface area contributed by atoms with Crippen LogP contribution in [0.3, 0.4) is 0 Å². The number of nitrogen functional groups attached to an aromatic ring is 1. The second kappa shape index (κ2) is 4.48. The van der Waals surface area contributed by atoms with Crippen molar-refractivity contribution in [2.24, 2.45) is 0 Å². The third-order valence-corrected chi connectivity index (χ3v) is 2.10. The number of amides is 1. The van der Waals surface area contributed by atoms with Crippen molar-refractivity contribution in [2.45, 2.75) is 0 Å². The fourth-order valence-corrected chi connectivity index (χ4v) is 1.28. The fourth-order valence-electron chi connectivity index (χ4n) is 1.28. The van der Waals surface area contributed by atoms with Crippen LogP contribution in [0.4, 0.5) is 11.6 Å². The number of hydrogen-bond acceptors (Lipinski definition) is 5. The molecule has 0 spiro atoms. The van der Waals surface area contributed by atoms with E-state index in [0.29, 0.717) is 0 Å². The molecule has 0 aliphatic carbocycles. The van der Waals surface area contributed by atoms with Crippen LogP contribution in [0.1, 0.15) is 10.4 Å². The summed E-state index contributed by atoms with van der Waals surface area (Å²) < 4.78 is 0. The second-order valence-corrected chi connectivity index (χ2v) is 3.27. The maximum absolute atomic E-state index is 11.8. The molecule has 17 heavy (non-hydrogen) atoms. The summed E-state index contributed by atoms with van der Waals surface area (Å²) in [6, 6.07) is 6.18. The molecule has 2 rings (SSSR count). The minimum Gasteiger partial charge on any atom is -0.505 e. The highest BCUT2D eigenvalue weighted by Crippen LogP contribution is 2.24. The van der Waals surface area contributed by atoms with Crippen molar-refractivity contribution in [3.05, 3.63) is 42.2 Å². The zero-order valence-electron chi connectivity index (χ0n) is 8.79. The third kappa shape index (κ3) is 2.31. The van der Waals surface area contributed by atoms with Crippen LogP contribution >= 0.6 is 0 Å². The molecule has 0 aliphatic heterocycles. The van der Waals surface area contributed by atoms with Crippen LogP contribution < -0.4 is 11.1 Å². The first-order chi connectivity index (χ1) is 8.18. The largest absolute Gasteiger partial charge is 0.505 e. The summed E-state index contributed by atoms with van der Waals surface area (Å²) in [5.41, 5.74) is 5.72. The van der Waals surface area contributed by atoms with Gasteiger partial charge in [0.1, 0.15) is 0 Å². The SMILES string of the molecule is Nc1cccc(C(=O)Nc2ncccn2)c1O. The summed E-state index contributed by atoms with van der Waals surface area (Å²) in [6.07, 6.45) is 3.00. The van der Waals surface area contributed by atoms with Crippen molar-refractivity contribution in [1.29, 1.82) is 0 Å². The van der Waals surface area contributed by atoms with Crippen LogP contribution in [0.5, 0.6) is 5.75 Å². The number of para-hydroxylation sites is 1. The van der Waals surface area contributed by atoms with Gasteiger partial charge in [-0.25, -0.2) is 9.97 Å². The van der Waals surface area contributed by atoms with E-state index in [-0.39, 0.29) is 22.9 Å². The zero-order valence-corrected chi connectivity index (χ0v) is 8.79. The van der Waals surface area contributed by atoms with Gasteiger partial charge in [-0.3, -0.25) is 10.1 Å². The number of carbonyl (C=O) groups excluding carboxylic acids is 1. The van der Waals surface area contributed by atoms with E-state index in [2.05, 4.69) is 15.3 Å². The first-order valence-electron chi connectivity index (χ1n) is 4.84. The van der Waals surface area contributed by atoms with E-state index in [1.807, 2.05) is 0 Å². The van der Waals surface area contributed by atoms with Crippen LogP contribution in [0.25, 0.3) is 0 Å². The molecule has 0 unspecified atom stereocenters. The van der Waals surface area contributed by atoms with Crippen molar-refractivity contribution < 1.29 is 9.90 Å². The van der Waals surface area contributed by atoms with Crippen LogP contribution in [0, 0.1) is 0 Å². The number of phenolic OH excluding ortho intramolecular Hbond substituents is 1. The van der Waals surface area contributed by atoms with Crippen molar-refractivity contribution >= 4 is 17.5 Å². The van der Waals surface area contributed by atoms with Crippen LogP contribution in [0.15, 0.2) is 36.7 Å². The van der Waals surface area contributed by atoms with Gasteiger partial charge in [0.2, 0.25) is 5.95 Å². The predicted octanol–water partition coefficient (Wildman–Crippen LogP) is 1.02. The molecule has 86 valence electrons. The number of nitrogens with two attached hydrogens (primary N) is 1. The van der Waals surface area contributed by atoms with E-state index >= 15 is 0 Å². The molecule has 1 aromatic heterocycles. The topological polar surface area (TPSA) is 101 Å². The van der Waals surface area contributed by atoms with Crippen LogP contribution in [0.2, 0.25) is 0 Å². The molecule has 4 N–H and O–H groups in total. The quantitative estimate of drug-likeness (QED) is 0.528. The summed E-state index contributed by atoms with van der Waals surface area (Å²) in [6.45, 7) is 0. The maximum Gasteiger partial charge on any atom is 0.261 e. The summed E-state index contributed by atoms with van der Waals surface area (Å²) in [7, 11) is 0. The average molecular weight is 230 g/mol. The minimum absolute atomic E-state index is 0.0810. The highest BCUT2D eigenvalue weighted by Gasteiger charge is 2.13. The Labute approximate surface area is 97.1 Å². The van der Waals surface area contributed by atoms with Gasteiger partial charge in [-0.2, -0.15) is 0 Å². The number of rotatable bonds is 2. The highest BCUT2D eigenvalue weighted by atomic mass is 16.3. The van der Waals surface area contributed by atoms with E-state index < -0.39 is 5.91 Å². The Morgan fingerprint density at radius 1 is 1.24 bits per heavy atom. The van der Waals surface area contributed by atoms with Crippen molar-refractivity contribution in [3.63, 3.8) is 0 Å². The number of nitrogens with one attached hydrogen (secondary N) is 1. The van der Waals surface area contributed by atoms with Crippen LogP contribution in [-0.2, 0) is 0 Å². The second-order valence-electron chi connectivity index (χ2n) is 3.27. The Hall–Kier alpha value is -2.63. The number of benzene rings is 1. The first-order valence-corrected chi connectivity index (χ1v) is 4.84. The molecule has 1 aromatic carbocycles. The Balaban J connectivity index is 2.24. The number of anilines is 2. The van der Waals surface area contributed by atoms with Gasteiger partial charge in [0.05, 0.1) is 11.3 Å². The highest BCUT2D eigenvalue weighted by molar-refractivity contribution is 6.06. The lowest BCUT2D eigenvalue weighted by atomic mass is 10.1. The van der Waals surface area contributed by atoms with E-state index in [1.165, 1.54) is 24.5 Å². The Bertz CT molecular complexity index is 542. The standard InChI is InChI=1S/C11H10N4O2/c12-8-4-1-3-7(9(8)16)10(17)15-11-13-5-2-6-14-11/h1-6,16H,12H2,(H,13,14,15,17). The summed E-state index contributed by atoms with van der Waals surface area (Å²) >= 11 is 0. The van der Waals surface area contributed by atoms with Gasteiger partial charge in [0, 0.05) is 12.4 Å².